The van der Waals surface area contributed by atoms with E-state index in [-0.39, 0.29) is 24.0 Å². The molecule has 2 aromatic heterocycles. The van der Waals surface area contributed by atoms with E-state index in [4.69, 9.17) is 4.42 Å². The Balaban J connectivity index is 1.66. The maximum atomic E-state index is 13.4. The fraction of sp³-hybridized carbons (Fsp3) is 0.467. The first-order valence-electron chi connectivity index (χ1n) is 7.69. The third-order valence-corrected chi connectivity index (χ3v) is 4.22. The number of carbonyl (C=O) groups is 1. The predicted molar refractivity (Wildman–Crippen MR) is 77.5 cm³/mol. The molecule has 2 aromatic rings. The highest BCUT2D eigenvalue weighted by molar-refractivity contribution is 5.93. The second kappa shape index (κ2) is 5.29. The summed E-state index contributed by atoms with van der Waals surface area (Å²) >= 11 is 0. The molecule has 1 saturated carbocycles. The molecule has 6 nitrogen and oxygen atoms in total. The molecule has 3 heterocycles. The molecule has 2 atom stereocenters. The number of rotatable bonds is 3. The number of hydrogen-bond acceptors (Lipinski definition) is 4. The fourth-order valence-electron chi connectivity index (χ4n) is 2.85. The van der Waals surface area contributed by atoms with E-state index in [1.54, 1.807) is 12.1 Å². The van der Waals surface area contributed by atoms with Crippen molar-refractivity contribution in [1.82, 2.24) is 15.1 Å². The number of nitrogens with zero attached hydrogens (tertiary/aromatic N) is 2. The summed E-state index contributed by atoms with van der Waals surface area (Å²) in [7, 11) is 0. The number of nitrogens with one attached hydrogen (secondary N) is 2. The highest BCUT2D eigenvalue weighted by Crippen LogP contribution is 2.43. The maximum Gasteiger partial charge on any atom is 0.410 e. The number of alkyl halides is 3. The molecule has 0 saturated heterocycles. The van der Waals surface area contributed by atoms with Crippen LogP contribution in [0.4, 0.5) is 19.0 Å². The third-order valence-electron chi connectivity index (χ3n) is 4.22. The van der Waals surface area contributed by atoms with Crippen LogP contribution < -0.4 is 10.6 Å². The molecule has 1 aliphatic heterocycles. The van der Waals surface area contributed by atoms with Crippen LogP contribution in [-0.2, 0) is 0 Å². The zero-order chi connectivity index (χ0) is 16.9. The van der Waals surface area contributed by atoms with Gasteiger partial charge in [0.2, 0.25) is 0 Å². The van der Waals surface area contributed by atoms with Crippen molar-refractivity contribution in [1.29, 1.82) is 0 Å². The normalized spacial score (nSPS) is 23.5. The van der Waals surface area contributed by atoms with Crippen molar-refractivity contribution in [2.75, 3.05) is 5.32 Å². The Hall–Kier alpha value is -2.45. The van der Waals surface area contributed by atoms with Gasteiger partial charge in [0.25, 0.3) is 5.91 Å². The lowest BCUT2D eigenvalue weighted by molar-refractivity contribution is -0.174. The van der Waals surface area contributed by atoms with E-state index in [0.29, 0.717) is 5.76 Å². The maximum absolute atomic E-state index is 13.4. The largest absolute Gasteiger partial charge is 0.467 e. The minimum Gasteiger partial charge on any atom is -0.467 e. The molecule has 4 rings (SSSR count). The predicted octanol–water partition coefficient (Wildman–Crippen LogP) is 3.03. The minimum absolute atomic E-state index is 0.0151. The van der Waals surface area contributed by atoms with Crippen LogP contribution in [0.1, 0.15) is 47.6 Å². The summed E-state index contributed by atoms with van der Waals surface area (Å²) in [4.78, 5) is 12.1. The number of amides is 1. The first-order chi connectivity index (χ1) is 11.4. The van der Waals surface area contributed by atoms with Gasteiger partial charge in [0.1, 0.15) is 11.6 Å². The molecular formula is C15H15F3N4O2. The Morgan fingerprint density at radius 1 is 1.42 bits per heavy atom. The van der Waals surface area contributed by atoms with Gasteiger partial charge in [-0.05, 0) is 25.0 Å². The standard InChI is InChI=1S/C15H15F3N4O2/c16-15(17,18)12-6-9(11-2-1-5-24-11)20-13-7-10(21-22(12)13)14(23)19-8-3-4-8/h1-2,5,7-9,12,20H,3-4,6H2,(H,19,23)/t9-,12-/m0/s1. The van der Waals surface area contributed by atoms with Gasteiger partial charge in [0.05, 0.1) is 12.3 Å². The zero-order valence-corrected chi connectivity index (χ0v) is 12.5. The van der Waals surface area contributed by atoms with Crippen molar-refractivity contribution in [2.24, 2.45) is 0 Å². The highest BCUT2D eigenvalue weighted by Gasteiger charge is 2.47. The van der Waals surface area contributed by atoms with Gasteiger partial charge in [0.15, 0.2) is 11.7 Å². The first-order valence-corrected chi connectivity index (χ1v) is 7.69. The van der Waals surface area contributed by atoms with E-state index in [9.17, 15) is 18.0 Å². The number of anilines is 1. The van der Waals surface area contributed by atoms with Gasteiger partial charge in [-0.15, -0.1) is 0 Å². The van der Waals surface area contributed by atoms with Gasteiger partial charge in [-0.25, -0.2) is 4.68 Å². The van der Waals surface area contributed by atoms with Crippen molar-refractivity contribution in [3.8, 4) is 0 Å². The summed E-state index contributed by atoms with van der Waals surface area (Å²) in [6, 6.07) is 2.27. The lowest BCUT2D eigenvalue weighted by Crippen LogP contribution is -2.35. The molecule has 0 radical (unpaired) electrons. The zero-order valence-electron chi connectivity index (χ0n) is 12.5. The Morgan fingerprint density at radius 3 is 2.83 bits per heavy atom. The molecule has 1 amide bonds. The molecule has 1 fully saturated rings. The van der Waals surface area contributed by atoms with E-state index < -0.39 is 24.2 Å². The van der Waals surface area contributed by atoms with E-state index in [0.717, 1.165) is 17.5 Å². The van der Waals surface area contributed by atoms with E-state index in [2.05, 4.69) is 15.7 Å². The summed E-state index contributed by atoms with van der Waals surface area (Å²) in [5, 5.41) is 9.59. The smallest absolute Gasteiger partial charge is 0.410 e. The van der Waals surface area contributed by atoms with Crippen LogP contribution in [0.2, 0.25) is 0 Å². The minimum atomic E-state index is -4.47. The summed E-state index contributed by atoms with van der Waals surface area (Å²) in [6.45, 7) is 0. The van der Waals surface area contributed by atoms with Crippen LogP contribution in [0.15, 0.2) is 28.9 Å². The Kier molecular flexibility index (Phi) is 3.33. The number of furan rings is 1. The van der Waals surface area contributed by atoms with Gasteiger partial charge in [-0.1, -0.05) is 0 Å². The Labute approximate surface area is 135 Å². The molecule has 0 unspecified atom stereocenters. The third kappa shape index (κ3) is 2.74. The van der Waals surface area contributed by atoms with Crippen LogP contribution in [0, 0.1) is 0 Å². The number of fused-ring (bicyclic) bond motifs is 1. The van der Waals surface area contributed by atoms with E-state index in [1.165, 1.54) is 12.3 Å². The molecule has 0 aromatic carbocycles. The molecule has 0 spiro atoms. The summed E-state index contributed by atoms with van der Waals surface area (Å²) in [6.07, 6.45) is -1.53. The SMILES string of the molecule is O=C(NC1CC1)c1cc2n(n1)[C@H](C(F)(F)F)C[C@@H](c1ccco1)N2. The quantitative estimate of drug-likeness (QED) is 0.901. The molecule has 24 heavy (non-hydrogen) atoms. The van der Waals surface area contributed by atoms with Crippen molar-refractivity contribution >= 4 is 11.7 Å². The van der Waals surface area contributed by atoms with Crippen molar-refractivity contribution < 1.29 is 22.4 Å². The molecule has 9 heteroatoms. The van der Waals surface area contributed by atoms with Gasteiger partial charge in [0, 0.05) is 18.5 Å². The average molecular weight is 340 g/mol. The first kappa shape index (κ1) is 15.1. The van der Waals surface area contributed by atoms with Gasteiger partial charge >= 0.3 is 6.18 Å². The monoisotopic (exact) mass is 340 g/mol. The Bertz CT molecular complexity index is 749. The summed E-state index contributed by atoms with van der Waals surface area (Å²) in [5.41, 5.74) is -0.0151. The van der Waals surface area contributed by atoms with Crippen LogP contribution in [0.25, 0.3) is 0 Å². The number of carbonyl (C=O) groups excluding carboxylic acids is 1. The number of hydrogen-bond donors (Lipinski definition) is 2. The molecular weight excluding hydrogens is 325 g/mol. The van der Waals surface area contributed by atoms with Crippen molar-refractivity contribution in [2.45, 2.75) is 43.6 Å². The van der Waals surface area contributed by atoms with Crippen LogP contribution >= 0.6 is 0 Å². The Morgan fingerprint density at radius 2 is 2.21 bits per heavy atom. The fourth-order valence-corrected chi connectivity index (χ4v) is 2.85. The van der Waals surface area contributed by atoms with Gasteiger partial charge in [-0.3, -0.25) is 4.79 Å². The van der Waals surface area contributed by atoms with Crippen molar-refractivity contribution in [3.05, 3.63) is 35.9 Å². The van der Waals surface area contributed by atoms with Gasteiger partial charge < -0.3 is 15.1 Å². The van der Waals surface area contributed by atoms with Crippen LogP contribution in [0.3, 0.4) is 0 Å². The molecule has 0 bridgehead atoms. The second-order valence-corrected chi connectivity index (χ2v) is 6.11. The average Bonchev–Trinajstić information content (AvgIpc) is 3.04. The topological polar surface area (TPSA) is 72.1 Å². The molecule has 2 aliphatic rings. The molecule has 1 aliphatic carbocycles. The lowest BCUT2D eigenvalue weighted by Gasteiger charge is -2.32. The van der Waals surface area contributed by atoms with Gasteiger partial charge in [-0.2, -0.15) is 18.3 Å². The van der Waals surface area contributed by atoms with E-state index >= 15 is 0 Å². The van der Waals surface area contributed by atoms with Crippen LogP contribution in [-0.4, -0.2) is 27.9 Å². The lowest BCUT2D eigenvalue weighted by atomic mass is 10.0. The number of halogens is 3. The second-order valence-electron chi connectivity index (χ2n) is 6.11. The van der Waals surface area contributed by atoms with Crippen molar-refractivity contribution in [3.63, 3.8) is 0 Å². The highest BCUT2D eigenvalue weighted by atomic mass is 19.4. The summed E-state index contributed by atoms with van der Waals surface area (Å²) < 4.78 is 46.4. The molecule has 2 N–H and O–H groups in total. The summed E-state index contributed by atoms with van der Waals surface area (Å²) in [5.74, 6) is 0.128. The van der Waals surface area contributed by atoms with Crippen LogP contribution in [0.5, 0.6) is 0 Å². The van der Waals surface area contributed by atoms with E-state index in [1.807, 2.05) is 0 Å². The number of aromatic nitrogens is 2. The molecule has 128 valence electrons.